The zero-order valence-electron chi connectivity index (χ0n) is 11.8. The highest BCUT2D eigenvalue weighted by molar-refractivity contribution is 5.73. The van der Waals surface area contributed by atoms with Crippen LogP contribution in [0.2, 0.25) is 0 Å². The van der Waals surface area contributed by atoms with Crippen LogP contribution in [0.15, 0.2) is 67.0 Å². The molecule has 0 aliphatic rings. The fraction of sp³-hybridized carbons (Fsp3) is 0. The summed E-state index contributed by atoms with van der Waals surface area (Å²) in [5.41, 5.74) is 11.6. The minimum Gasteiger partial charge on any atom is -0.399 e. The summed E-state index contributed by atoms with van der Waals surface area (Å²) < 4.78 is 1.79. The Labute approximate surface area is 127 Å². The van der Waals surface area contributed by atoms with Crippen LogP contribution in [0.25, 0.3) is 28.0 Å². The SMILES string of the molecule is Nc1cccc(-c2cccc(-c3ccnc4[c]cnn34)c2)c1. The molecule has 4 aromatic rings. The normalized spacial score (nSPS) is 10.9. The molecule has 0 spiro atoms. The van der Waals surface area contributed by atoms with E-state index in [1.165, 1.54) is 0 Å². The Morgan fingerprint density at radius 3 is 2.55 bits per heavy atom. The molecule has 22 heavy (non-hydrogen) atoms. The number of fused-ring (bicyclic) bond motifs is 1. The van der Waals surface area contributed by atoms with E-state index in [0.29, 0.717) is 5.65 Å². The van der Waals surface area contributed by atoms with Gasteiger partial charge in [0.1, 0.15) is 0 Å². The lowest BCUT2D eigenvalue weighted by Crippen LogP contribution is -1.95. The molecule has 2 heterocycles. The van der Waals surface area contributed by atoms with Crippen molar-refractivity contribution >= 4 is 11.3 Å². The summed E-state index contributed by atoms with van der Waals surface area (Å²) in [6.07, 6.45) is 3.41. The Kier molecular flexibility index (Phi) is 2.86. The zero-order chi connectivity index (χ0) is 14.9. The molecule has 1 radical (unpaired) electrons. The standard InChI is InChI=1S/C18H13N4/c19-16-6-2-4-14(12-16)13-3-1-5-15(11-13)17-7-9-20-18-8-10-21-22(17)18/h1-7,9-12H,19H2. The topological polar surface area (TPSA) is 56.2 Å². The molecule has 0 bridgehead atoms. The maximum absolute atomic E-state index is 5.88. The van der Waals surface area contributed by atoms with Gasteiger partial charge in [-0.2, -0.15) is 5.10 Å². The summed E-state index contributed by atoms with van der Waals surface area (Å²) in [6.45, 7) is 0. The van der Waals surface area contributed by atoms with E-state index in [1.54, 1.807) is 16.9 Å². The van der Waals surface area contributed by atoms with E-state index in [4.69, 9.17) is 5.73 Å². The van der Waals surface area contributed by atoms with Gasteiger partial charge >= 0.3 is 0 Å². The predicted octanol–water partition coefficient (Wildman–Crippen LogP) is 3.45. The maximum Gasteiger partial charge on any atom is 0.163 e. The number of hydrogen-bond donors (Lipinski definition) is 1. The van der Waals surface area contributed by atoms with E-state index in [9.17, 15) is 0 Å². The molecular weight excluding hydrogens is 272 g/mol. The quantitative estimate of drug-likeness (QED) is 0.574. The summed E-state index contributed by atoms with van der Waals surface area (Å²) in [6, 6.07) is 21.1. The number of benzene rings is 2. The first-order valence-corrected chi connectivity index (χ1v) is 6.98. The smallest absolute Gasteiger partial charge is 0.163 e. The lowest BCUT2D eigenvalue weighted by Gasteiger charge is -2.08. The average molecular weight is 285 g/mol. The van der Waals surface area contributed by atoms with Crippen LogP contribution in [-0.4, -0.2) is 14.6 Å². The van der Waals surface area contributed by atoms with Gasteiger partial charge in [0.25, 0.3) is 0 Å². The fourth-order valence-corrected chi connectivity index (χ4v) is 2.57. The molecule has 0 atom stereocenters. The van der Waals surface area contributed by atoms with Crippen LogP contribution in [0.3, 0.4) is 0 Å². The van der Waals surface area contributed by atoms with E-state index in [0.717, 1.165) is 28.1 Å². The lowest BCUT2D eigenvalue weighted by atomic mass is 10.0. The second-order valence-electron chi connectivity index (χ2n) is 5.06. The van der Waals surface area contributed by atoms with Crippen LogP contribution < -0.4 is 5.73 Å². The van der Waals surface area contributed by atoms with Gasteiger partial charge in [0.05, 0.1) is 18.0 Å². The predicted molar refractivity (Wildman–Crippen MR) is 87.1 cm³/mol. The monoisotopic (exact) mass is 285 g/mol. The largest absolute Gasteiger partial charge is 0.399 e. The van der Waals surface area contributed by atoms with Crippen molar-refractivity contribution in [2.75, 3.05) is 5.73 Å². The Hall–Kier alpha value is -3.14. The summed E-state index contributed by atoms with van der Waals surface area (Å²) in [7, 11) is 0. The second-order valence-corrected chi connectivity index (χ2v) is 5.06. The van der Waals surface area contributed by atoms with Gasteiger partial charge in [-0.3, -0.25) is 0 Å². The van der Waals surface area contributed by atoms with Gasteiger partial charge in [0, 0.05) is 17.4 Å². The number of aromatic nitrogens is 3. The van der Waals surface area contributed by atoms with E-state index in [-0.39, 0.29) is 0 Å². The Bertz CT molecular complexity index is 956. The van der Waals surface area contributed by atoms with Gasteiger partial charge < -0.3 is 5.73 Å². The summed E-state index contributed by atoms with van der Waals surface area (Å²) in [5.74, 6) is 0. The number of nitrogens with two attached hydrogens (primary N) is 1. The Morgan fingerprint density at radius 1 is 0.909 bits per heavy atom. The van der Waals surface area contributed by atoms with Gasteiger partial charge in [-0.1, -0.05) is 30.3 Å². The first kappa shape index (κ1) is 12.6. The highest BCUT2D eigenvalue weighted by Crippen LogP contribution is 2.27. The van der Waals surface area contributed by atoms with Crippen molar-refractivity contribution in [1.29, 1.82) is 0 Å². The molecule has 0 amide bonds. The van der Waals surface area contributed by atoms with Crippen molar-refractivity contribution in [1.82, 2.24) is 14.6 Å². The molecule has 2 aromatic heterocycles. The van der Waals surface area contributed by atoms with Crippen molar-refractivity contribution in [3.8, 4) is 22.4 Å². The van der Waals surface area contributed by atoms with Crippen molar-refractivity contribution in [3.63, 3.8) is 0 Å². The molecule has 0 fully saturated rings. The van der Waals surface area contributed by atoms with E-state index in [1.807, 2.05) is 30.3 Å². The lowest BCUT2D eigenvalue weighted by molar-refractivity contribution is 0.948. The number of rotatable bonds is 2. The minimum absolute atomic E-state index is 0.715. The van der Waals surface area contributed by atoms with Crippen molar-refractivity contribution < 1.29 is 0 Å². The number of nitrogen functional groups attached to an aromatic ring is 1. The Morgan fingerprint density at radius 2 is 1.68 bits per heavy atom. The number of anilines is 1. The highest BCUT2D eigenvalue weighted by Gasteiger charge is 2.06. The maximum atomic E-state index is 5.88. The molecule has 4 heteroatoms. The third-order valence-corrected chi connectivity index (χ3v) is 3.60. The molecule has 105 valence electrons. The van der Waals surface area contributed by atoms with Gasteiger partial charge in [0.2, 0.25) is 0 Å². The summed E-state index contributed by atoms with van der Waals surface area (Å²) >= 11 is 0. The van der Waals surface area contributed by atoms with Gasteiger partial charge in [-0.25, -0.2) is 9.50 Å². The van der Waals surface area contributed by atoms with Crippen LogP contribution in [0.5, 0.6) is 0 Å². The molecule has 2 N–H and O–H groups in total. The third kappa shape index (κ3) is 2.11. The molecule has 0 saturated carbocycles. The molecule has 2 aromatic carbocycles. The number of hydrogen-bond acceptors (Lipinski definition) is 3. The van der Waals surface area contributed by atoms with Crippen molar-refractivity contribution in [3.05, 3.63) is 73.1 Å². The summed E-state index contributed by atoms with van der Waals surface area (Å²) in [5, 5.41) is 4.29. The third-order valence-electron chi connectivity index (χ3n) is 3.60. The van der Waals surface area contributed by atoms with Gasteiger partial charge in [0.15, 0.2) is 5.65 Å². The molecule has 0 saturated heterocycles. The average Bonchev–Trinajstić information content (AvgIpc) is 3.03. The zero-order valence-corrected chi connectivity index (χ0v) is 11.8. The van der Waals surface area contributed by atoms with E-state index in [2.05, 4.69) is 40.4 Å². The van der Waals surface area contributed by atoms with Crippen molar-refractivity contribution in [2.24, 2.45) is 0 Å². The van der Waals surface area contributed by atoms with Crippen LogP contribution in [0.1, 0.15) is 0 Å². The molecule has 0 unspecified atom stereocenters. The summed E-state index contributed by atoms with van der Waals surface area (Å²) in [4.78, 5) is 4.25. The van der Waals surface area contributed by atoms with E-state index < -0.39 is 0 Å². The molecular formula is C18H13N4. The molecule has 0 aliphatic heterocycles. The second kappa shape index (κ2) is 5.00. The van der Waals surface area contributed by atoms with Crippen LogP contribution in [0.4, 0.5) is 5.69 Å². The van der Waals surface area contributed by atoms with Crippen LogP contribution >= 0.6 is 0 Å². The van der Waals surface area contributed by atoms with E-state index >= 15 is 0 Å². The fourth-order valence-electron chi connectivity index (χ4n) is 2.57. The number of nitrogens with zero attached hydrogens (tertiary/aromatic N) is 3. The molecule has 0 aliphatic carbocycles. The van der Waals surface area contributed by atoms with Crippen LogP contribution in [-0.2, 0) is 0 Å². The van der Waals surface area contributed by atoms with Gasteiger partial charge in [-0.15, -0.1) is 0 Å². The first-order chi connectivity index (χ1) is 10.8. The van der Waals surface area contributed by atoms with Crippen molar-refractivity contribution in [2.45, 2.75) is 0 Å². The van der Waals surface area contributed by atoms with Gasteiger partial charge in [-0.05, 0) is 35.4 Å². The molecule has 4 nitrogen and oxygen atoms in total. The Balaban J connectivity index is 1.87. The highest BCUT2D eigenvalue weighted by atomic mass is 15.2. The minimum atomic E-state index is 0.715. The first-order valence-electron chi connectivity index (χ1n) is 6.98. The molecule has 4 rings (SSSR count). The van der Waals surface area contributed by atoms with Crippen LogP contribution in [0, 0.1) is 6.07 Å².